The van der Waals surface area contributed by atoms with E-state index < -0.39 is 18.6 Å². The normalized spacial score (nSPS) is 14.0. The Morgan fingerprint density at radius 1 is 1.38 bits per heavy atom. The minimum absolute atomic E-state index is 0.500. The van der Waals surface area contributed by atoms with Crippen LogP contribution in [0, 0.1) is 0 Å². The zero-order valence-corrected chi connectivity index (χ0v) is 8.20. The van der Waals surface area contributed by atoms with Crippen molar-refractivity contribution in [2.24, 2.45) is 0 Å². The average molecular weight is 195 g/mol. The molecule has 0 aromatic rings. The fourth-order valence-corrected chi connectivity index (χ4v) is 0.884. The summed E-state index contributed by atoms with van der Waals surface area (Å²) in [4.78, 5) is 0. The van der Waals surface area contributed by atoms with Gasteiger partial charge in [0.05, 0.1) is 6.42 Å². The highest BCUT2D eigenvalue weighted by molar-refractivity contribution is 4.94. The second-order valence-corrected chi connectivity index (χ2v) is 3.41. The molecule has 0 spiro atoms. The zero-order chi connectivity index (χ0) is 10.5. The van der Waals surface area contributed by atoms with E-state index in [1.165, 1.54) is 6.92 Å². The molecule has 1 N–H and O–H groups in total. The molecule has 0 fully saturated rings. The standard InChI is InChI=1S/C9H16F3N/c1-7(2)4-5-13-8(3)6-9(10,11)12/h4,8,13H,5-6H2,1-3H3. The maximum absolute atomic E-state index is 11.8. The molecule has 0 saturated heterocycles. The molecule has 4 heteroatoms. The van der Waals surface area contributed by atoms with E-state index >= 15 is 0 Å². The highest BCUT2D eigenvalue weighted by atomic mass is 19.4. The first-order chi connectivity index (χ1) is 5.81. The Balaban J connectivity index is 3.64. The molecular weight excluding hydrogens is 179 g/mol. The summed E-state index contributed by atoms with van der Waals surface area (Å²) in [6.07, 6.45) is -2.98. The van der Waals surface area contributed by atoms with Crippen LogP contribution in [-0.4, -0.2) is 18.8 Å². The molecule has 0 rings (SSSR count). The van der Waals surface area contributed by atoms with Crippen molar-refractivity contribution in [3.05, 3.63) is 11.6 Å². The van der Waals surface area contributed by atoms with Crippen LogP contribution in [0.15, 0.2) is 11.6 Å². The second kappa shape index (κ2) is 5.27. The van der Waals surface area contributed by atoms with E-state index in [1.807, 2.05) is 19.9 Å². The fraction of sp³-hybridized carbons (Fsp3) is 0.778. The van der Waals surface area contributed by atoms with Gasteiger partial charge in [0.1, 0.15) is 0 Å². The molecular formula is C9H16F3N. The van der Waals surface area contributed by atoms with E-state index in [1.54, 1.807) is 0 Å². The fourth-order valence-electron chi connectivity index (χ4n) is 0.884. The number of rotatable bonds is 4. The summed E-state index contributed by atoms with van der Waals surface area (Å²) < 4.78 is 35.5. The minimum atomic E-state index is -4.07. The van der Waals surface area contributed by atoms with Crippen molar-refractivity contribution in [2.45, 2.75) is 39.4 Å². The van der Waals surface area contributed by atoms with E-state index in [4.69, 9.17) is 0 Å². The third kappa shape index (κ3) is 9.40. The predicted octanol–water partition coefficient (Wildman–Crippen LogP) is 2.88. The summed E-state index contributed by atoms with van der Waals surface area (Å²) in [6, 6.07) is -0.518. The maximum Gasteiger partial charge on any atom is 0.390 e. The summed E-state index contributed by atoms with van der Waals surface area (Å²) in [5.74, 6) is 0. The number of nitrogens with one attached hydrogen (secondary N) is 1. The van der Waals surface area contributed by atoms with Crippen LogP contribution in [0.4, 0.5) is 13.2 Å². The van der Waals surface area contributed by atoms with Crippen molar-refractivity contribution in [3.63, 3.8) is 0 Å². The van der Waals surface area contributed by atoms with Crippen molar-refractivity contribution in [1.82, 2.24) is 5.32 Å². The van der Waals surface area contributed by atoms with Gasteiger partial charge in [-0.05, 0) is 20.8 Å². The molecule has 78 valence electrons. The zero-order valence-electron chi connectivity index (χ0n) is 8.20. The Morgan fingerprint density at radius 3 is 2.31 bits per heavy atom. The number of halogens is 3. The summed E-state index contributed by atoms with van der Waals surface area (Å²) in [6.45, 7) is 5.86. The van der Waals surface area contributed by atoms with Gasteiger partial charge in [-0.2, -0.15) is 13.2 Å². The van der Waals surface area contributed by atoms with Crippen molar-refractivity contribution < 1.29 is 13.2 Å². The Morgan fingerprint density at radius 2 is 1.92 bits per heavy atom. The number of hydrogen-bond acceptors (Lipinski definition) is 1. The van der Waals surface area contributed by atoms with Gasteiger partial charge in [-0.25, -0.2) is 0 Å². The quantitative estimate of drug-likeness (QED) is 0.680. The van der Waals surface area contributed by atoms with Gasteiger partial charge in [-0.15, -0.1) is 0 Å². The summed E-state index contributed by atoms with van der Waals surface area (Å²) >= 11 is 0. The van der Waals surface area contributed by atoms with E-state index in [-0.39, 0.29) is 0 Å². The third-order valence-electron chi connectivity index (χ3n) is 1.51. The topological polar surface area (TPSA) is 12.0 Å². The lowest BCUT2D eigenvalue weighted by Gasteiger charge is -2.14. The molecule has 0 aromatic heterocycles. The molecule has 0 radical (unpaired) electrons. The van der Waals surface area contributed by atoms with Crippen LogP contribution in [0.3, 0.4) is 0 Å². The van der Waals surface area contributed by atoms with Crippen molar-refractivity contribution in [1.29, 1.82) is 0 Å². The molecule has 0 aliphatic rings. The molecule has 0 saturated carbocycles. The largest absolute Gasteiger partial charge is 0.390 e. The monoisotopic (exact) mass is 195 g/mol. The first-order valence-corrected chi connectivity index (χ1v) is 4.25. The Kier molecular flexibility index (Phi) is 5.06. The SMILES string of the molecule is CC(C)=CCNC(C)CC(F)(F)F. The maximum atomic E-state index is 11.8. The molecule has 0 aliphatic heterocycles. The van der Waals surface area contributed by atoms with Crippen LogP contribution in [0.5, 0.6) is 0 Å². The van der Waals surface area contributed by atoms with E-state index in [0.717, 1.165) is 5.57 Å². The molecule has 1 atom stereocenters. The van der Waals surface area contributed by atoms with Crippen LogP contribution in [-0.2, 0) is 0 Å². The molecule has 0 aliphatic carbocycles. The lowest BCUT2D eigenvalue weighted by molar-refractivity contribution is -0.138. The van der Waals surface area contributed by atoms with Gasteiger partial charge in [-0.1, -0.05) is 11.6 Å². The average Bonchev–Trinajstić information content (AvgIpc) is 1.81. The molecule has 0 aromatic carbocycles. The number of allylic oxidation sites excluding steroid dienone is 1. The van der Waals surface area contributed by atoms with Crippen molar-refractivity contribution >= 4 is 0 Å². The minimum Gasteiger partial charge on any atom is -0.310 e. The first-order valence-electron chi connectivity index (χ1n) is 4.25. The molecule has 13 heavy (non-hydrogen) atoms. The van der Waals surface area contributed by atoms with Crippen molar-refractivity contribution in [3.8, 4) is 0 Å². The van der Waals surface area contributed by atoms with Gasteiger partial charge in [-0.3, -0.25) is 0 Å². The van der Waals surface area contributed by atoms with Gasteiger partial charge in [0.15, 0.2) is 0 Å². The highest BCUT2D eigenvalue weighted by Crippen LogP contribution is 2.21. The number of alkyl halides is 3. The predicted molar refractivity (Wildman–Crippen MR) is 47.6 cm³/mol. The van der Waals surface area contributed by atoms with Gasteiger partial charge in [0.25, 0.3) is 0 Å². The van der Waals surface area contributed by atoms with Gasteiger partial charge >= 0.3 is 6.18 Å². The molecule has 1 unspecified atom stereocenters. The number of hydrogen-bond donors (Lipinski definition) is 1. The van der Waals surface area contributed by atoms with E-state index in [2.05, 4.69) is 5.32 Å². The molecule has 0 amide bonds. The Hall–Kier alpha value is -0.510. The van der Waals surface area contributed by atoms with Crippen LogP contribution in [0.25, 0.3) is 0 Å². The van der Waals surface area contributed by atoms with Crippen molar-refractivity contribution in [2.75, 3.05) is 6.54 Å². The van der Waals surface area contributed by atoms with E-state index in [0.29, 0.717) is 6.54 Å². The van der Waals surface area contributed by atoms with Crippen LogP contribution in [0.2, 0.25) is 0 Å². The van der Waals surface area contributed by atoms with Gasteiger partial charge < -0.3 is 5.32 Å². The van der Waals surface area contributed by atoms with Gasteiger partial charge in [0, 0.05) is 12.6 Å². The van der Waals surface area contributed by atoms with Crippen LogP contribution >= 0.6 is 0 Å². The highest BCUT2D eigenvalue weighted by Gasteiger charge is 2.29. The second-order valence-electron chi connectivity index (χ2n) is 3.41. The molecule has 0 heterocycles. The summed E-state index contributed by atoms with van der Waals surface area (Å²) in [7, 11) is 0. The Bertz CT molecular complexity index is 168. The lowest BCUT2D eigenvalue weighted by Crippen LogP contribution is -2.31. The third-order valence-corrected chi connectivity index (χ3v) is 1.51. The Labute approximate surface area is 77.0 Å². The summed E-state index contributed by atoms with van der Waals surface area (Å²) in [5.41, 5.74) is 1.10. The lowest BCUT2D eigenvalue weighted by atomic mass is 10.2. The summed E-state index contributed by atoms with van der Waals surface area (Å²) in [5, 5.41) is 2.77. The van der Waals surface area contributed by atoms with E-state index in [9.17, 15) is 13.2 Å². The van der Waals surface area contributed by atoms with Gasteiger partial charge in [0.2, 0.25) is 0 Å². The molecule has 0 bridgehead atoms. The van der Waals surface area contributed by atoms with Crippen LogP contribution in [0.1, 0.15) is 27.2 Å². The molecule has 1 nitrogen and oxygen atoms in total. The first kappa shape index (κ1) is 12.5. The smallest absolute Gasteiger partial charge is 0.310 e. The van der Waals surface area contributed by atoms with Crippen LogP contribution < -0.4 is 5.32 Å².